The lowest BCUT2D eigenvalue weighted by molar-refractivity contribution is -0.130. The summed E-state index contributed by atoms with van der Waals surface area (Å²) in [6, 6.07) is 26.2. The molecule has 1 fully saturated rings. The number of ether oxygens (including phenoxy) is 1. The van der Waals surface area contributed by atoms with E-state index in [0.29, 0.717) is 0 Å². The molecule has 4 nitrogen and oxygen atoms in total. The summed E-state index contributed by atoms with van der Waals surface area (Å²) in [6.07, 6.45) is 0.952. The number of nitrogens with one attached hydrogen (secondary N) is 1. The van der Waals surface area contributed by atoms with Crippen molar-refractivity contribution in [1.29, 1.82) is 0 Å². The first-order valence-corrected chi connectivity index (χ1v) is 9.76. The predicted octanol–water partition coefficient (Wildman–Crippen LogP) is 4.64. The molecule has 2 aliphatic heterocycles. The Morgan fingerprint density at radius 3 is 2.14 bits per heavy atom. The Balaban J connectivity index is 1.40. The van der Waals surface area contributed by atoms with Crippen LogP contribution in [0.3, 0.4) is 0 Å². The number of hydrogen-bond donors (Lipinski definition) is 1. The number of likely N-dealkylation sites (tertiary alicyclic amines) is 1. The van der Waals surface area contributed by atoms with Gasteiger partial charge in [0.1, 0.15) is 11.5 Å². The van der Waals surface area contributed by atoms with Gasteiger partial charge in [0.2, 0.25) is 5.91 Å². The van der Waals surface area contributed by atoms with Gasteiger partial charge >= 0.3 is 0 Å². The molecule has 2 aliphatic rings. The number of amides is 1. The lowest BCUT2D eigenvalue weighted by Crippen LogP contribution is -2.36. The molecule has 1 atom stereocenters. The highest BCUT2D eigenvalue weighted by atomic mass is 16.5. The second kappa shape index (κ2) is 7.04. The maximum Gasteiger partial charge on any atom is 0.234 e. The average molecular weight is 370 g/mol. The monoisotopic (exact) mass is 370 g/mol. The number of anilines is 1. The number of carbonyl (C=O) groups is 1. The van der Waals surface area contributed by atoms with Gasteiger partial charge in [-0.3, -0.25) is 4.79 Å². The van der Waals surface area contributed by atoms with Crippen molar-refractivity contribution in [2.45, 2.75) is 18.4 Å². The molecule has 3 aromatic carbocycles. The summed E-state index contributed by atoms with van der Waals surface area (Å²) in [5, 5.41) is 3.55. The maximum atomic E-state index is 13.6. The van der Waals surface area contributed by atoms with Crippen molar-refractivity contribution in [3.8, 4) is 11.5 Å². The molecule has 1 amide bonds. The summed E-state index contributed by atoms with van der Waals surface area (Å²) < 4.78 is 6.04. The molecular formula is C24H22N2O2. The minimum absolute atomic E-state index is 0.153. The highest BCUT2D eigenvalue weighted by molar-refractivity contribution is 5.90. The third kappa shape index (κ3) is 3.01. The highest BCUT2D eigenvalue weighted by Crippen LogP contribution is 2.44. The van der Waals surface area contributed by atoms with Crippen LogP contribution in [0.15, 0.2) is 78.9 Å². The summed E-state index contributed by atoms with van der Waals surface area (Å²) in [6.45, 7) is 1.49. The minimum Gasteiger partial charge on any atom is -0.457 e. The van der Waals surface area contributed by atoms with E-state index in [0.717, 1.165) is 47.8 Å². The first kappa shape index (κ1) is 16.9. The second-order valence-corrected chi connectivity index (χ2v) is 7.39. The second-order valence-electron chi connectivity index (χ2n) is 7.39. The summed E-state index contributed by atoms with van der Waals surface area (Å²) in [5.74, 6) is 1.40. The fourth-order valence-electron chi connectivity index (χ4n) is 4.21. The lowest BCUT2D eigenvalue weighted by atomic mass is 9.87. The van der Waals surface area contributed by atoms with Crippen LogP contribution in [-0.2, 0) is 4.79 Å². The van der Waals surface area contributed by atoms with Crippen LogP contribution in [-0.4, -0.2) is 29.9 Å². The van der Waals surface area contributed by atoms with Crippen molar-refractivity contribution >= 4 is 11.6 Å². The van der Waals surface area contributed by atoms with E-state index in [1.165, 1.54) is 0 Å². The van der Waals surface area contributed by atoms with Gasteiger partial charge in [-0.25, -0.2) is 0 Å². The van der Waals surface area contributed by atoms with Crippen molar-refractivity contribution in [1.82, 2.24) is 4.90 Å². The van der Waals surface area contributed by atoms with Crippen LogP contribution < -0.4 is 10.1 Å². The largest absolute Gasteiger partial charge is 0.457 e. The lowest BCUT2D eigenvalue weighted by Gasteiger charge is -2.30. The SMILES string of the molecule is O=C(C1c2ccccc2Oc2ccccc21)N1CCC(Nc2ccccc2)C1. The molecular weight excluding hydrogens is 348 g/mol. The molecule has 0 radical (unpaired) electrons. The smallest absolute Gasteiger partial charge is 0.234 e. The standard InChI is InChI=1S/C24H22N2O2/c27-24(26-15-14-18(16-26)25-17-8-2-1-3-9-17)23-19-10-4-6-12-21(19)28-22-13-7-5-11-20(22)23/h1-13,18,23,25H,14-16H2. The number of carbonyl (C=O) groups excluding carboxylic acids is 1. The summed E-state index contributed by atoms with van der Waals surface area (Å²) >= 11 is 0. The molecule has 0 saturated carbocycles. The number of rotatable bonds is 3. The number of hydrogen-bond acceptors (Lipinski definition) is 3. The Bertz CT molecular complexity index is 957. The van der Waals surface area contributed by atoms with Gasteiger partial charge in [0.25, 0.3) is 0 Å². The van der Waals surface area contributed by atoms with Crippen LogP contribution >= 0.6 is 0 Å². The number of nitrogens with zero attached hydrogens (tertiary/aromatic N) is 1. The highest BCUT2D eigenvalue weighted by Gasteiger charge is 2.37. The van der Waals surface area contributed by atoms with Gasteiger partial charge in [0.05, 0.1) is 5.92 Å². The average Bonchev–Trinajstić information content (AvgIpc) is 3.21. The van der Waals surface area contributed by atoms with Crippen LogP contribution in [0.2, 0.25) is 0 Å². The molecule has 140 valence electrons. The van der Waals surface area contributed by atoms with Gasteiger partial charge in [-0.05, 0) is 30.7 Å². The van der Waals surface area contributed by atoms with Crippen LogP contribution in [0.4, 0.5) is 5.69 Å². The molecule has 0 spiro atoms. The van der Waals surface area contributed by atoms with E-state index in [1.54, 1.807) is 0 Å². The third-order valence-electron chi connectivity index (χ3n) is 5.57. The Labute approximate surface area is 164 Å². The van der Waals surface area contributed by atoms with E-state index >= 15 is 0 Å². The molecule has 1 saturated heterocycles. The van der Waals surface area contributed by atoms with Gasteiger partial charge in [-0.1, -0.05) is 54.6 Å². The maximum absolute atomic E-state index is 13.6. The fourth-order valence-corrected chi connectivity index (χ4v) is 4.21. The quantitative estimate of drug-likeness (QED) is 0.730. The van der Waals surface area contributed by atoms with Gasteiger partial charge in [0.15, 0.2) is 0 Å². The number of para-hydroxylation sites is 3. The van der Waals surface area contributed by atoms with Gasteiger partial charge in [0, 0.05) is 35.9 Å². The van der Waals surface area contributed by atoms with E-state index in [2.05, 4.69) is 17.4 Å². The summed E-state index contributed by atoms with van der Waals surface area (Å²) in [5.41, 5.74) is 3.00. The zero-order valence-corrected chi connectivity index (χ0v) is 15.5. The van der Waals surface area contributed by atoms with E-state index in [4.69, 9.17) is 4.74 Å². The molecule has 4 heteroatoms. The van der Waals surface area contributed by atoms with Crippen molar-refractivity contribution < 1.29 is 9.53 Å². The first-order valence-electron chi connectivity index (χ1n) is 9.76. The van der Waals surface area contributed by atoms with Gasteiger partial charge in [-0.2, -0.15) is 0 Å². The zero-order valence-electron chi connectivity index (χ0n) is 15.5. The molecule has 1 N–H and O–H groups in total. The Kier molecular flexibility index (Phi) is 4.24. The molecule has 3 aromatic rings. The summed E-state index contributed by atoms with van der Waals surface area (Å²) in [7, 11) is 0. The fraction of sp³-hybridized carbons (Fsp3) is 0.208. The van der Waals surface area contributed by atoms with E-state index in [-0.39, 0.29) is 17.9 Å². The third-order valence-corrected chi connectivity index (χ3v) is 5.57. The Morgan fingerprint density at radius 2 is 1.46 bits per heavy atom. The van der Waals surface area contributed by atoms with E-state index < -0.39 is 0 Å². The molecule has 0 aliphatic carbocycles. The number of fused-ring (bicyclic) bond motifs is 2. The van der Waals surface area contributed by atoms with E-state index in [1.807, 2.05) is 71.6 Å². The van der Waals surface area contributed by atoms with Crippen LogP contribution in [0, 0.1) is 0 Å². The van der Waals surface area contributed by atoms with Crippen molar-refractivity contribution in [3.63, 3.8) is 0 Å². The molecule has 5 rings (SSSR count). The van der Waals surface area contributed by atoms with Crippen molar-refractivity contribution in [2.75, 3.05) is 18.4 Å². The van der Waals surface area contributed by atoms with Crippen molar-refractivity contribution in [3.05, 3.63) is 90.0 Å². The van der Waals surface area contributed by atoms with Crippen LogP contribution in [0.5, 0.6) is 11.5 Å². The summed E-state index contributed by atoms with van der Waals surface area (Å²) in [4.78, 5) is 15.6. The zero-order chi connectivity index (χ0) is 18.9. The first-order chi connectivity index (χ1) is 13.8. The van der Waals surface area contributed by atoms with Crippen LogP contribution in [0.1, 0.15) is 23.5 Å². The molecule has 0 bridgehead atoms. The predicted molar refractivity (Wildman–Crippen MR) is 110 cm³/mol. The number of benzene rings is 3. The van der Waals surface area contributed by atoms with E-state index in [9.17, 15) is 4.79 Å². The normalized spacial score (nSPS) is 18.1. The van der Waals surface area contributed by atoms with Gasteiger partial charge in [-0.15, -0.1) is 0 Å². The van der Waals surface area contributed by atoms with Gasteiger partial charge < -0.3 is 15.0 Å². The molecule has 0 aromatic heterocycles. The minimum atomic E-state index is -0.309. The molecule has 1 unspecified atom stereocenters. The molecule has 28 heavy (non-hydrogen) atoms. The Hall–Kier alpha value is -3.27. The Morgan fingerprint density at radius 1 is 0.857 bits per heavy atom. The van der Waals surface area contributed by atoms with Crippen molar-refractivity contribution in [2.24, 2.45) is 0 Å². The topological polar surface area (TPSA) is 41.6 Å². The van der Waals surface area contributed by atoms with Crippen LogP contribution in [0.25, 0.3) is 0 Å². The molecule has 2 heterocycles.